The van der Waals surface area contributed by atoms with Crippen molar-refractivity contribution in [1.29, 1.82) is 0 Å². The van der Waals surface area contributed by atoms with Crippen molar-refractivity contribution in [3.05, 3.63) is 36.5 Å². The molecular formula is C42H79NO2. The largest absolute Gasteiger partial charge is 0.347 e. The van der Waals surface area contributed by atoms with E-state index in [-0.39, 0.29) is 11.9 Å². The van der Waals surface area contributed by atoms with Gasteiger partial charge in [-0.1, -0.05) is 147 Å². The highest BCUT2D eigenvalue weighted by atomic mass is 16.7. The summed E-state index contributed by atoms with van der Waals surface area (Å²) in [6.07, 6.45) is 51.1. The first-order valence-corrected chi connectivity index (χ1v) is 20.0. The second-order valence-electron chi connectivity index (χ2n) is 14.2. The van der Waals surface area contributed by atoms with Gasteiger partial charge < -0.3 is 14.4 Å². The number of ether oxygens (including phenoxy) is 2. The molecule has 0 aromatic heterocycles. The smallest absolute Gasteiger partial charge is 0.168 e. The van der Waals surface area contributed by atoms with Crippen LogP contribution in [0.3, 0.4) is 0 Å². The van der Waals surface area contributed by atoms with Gasteiger partial charge in [0, 0.05) is 19.4 Å². The van der Waals surface area contributed by atoms with Crippen molar-refractivity contribution in [2.24, 2.45) is 0 Å². The van der Waals surface area contributed by atoms with Gasteiger partial charge in [0.1, 0.15) is 0 Å². The zero-order valence-electron chi connectivity index (χ0n) is 31.0. The van der Waals surface area contributed by atoms with Crippen LogP contribution in [0, 0.1) is 0 Å². The molecule has 264 valence electrons. The SMILES string of the molecule is CCCCC/C=C\C/C=C\CCCCCCCC[C@@]1(CCCCCCCC/C=C\CCCCCCCC)OC[C@H](CN(C)C)O1. The van der Waals surface area contributed by atoms with Crippen molar-refractivity contribution in [3.8, 4) is 0 Å². The lowest BCUT2D eigenvalue weighted by Gasteiger charge is -2.29. The zero-order valence-corrected chi connectivity index (χ0v) is 31.0. The highest BCUT2D eigenvalue weighted by Gasteiger charge is 2.40. The van der Waals surface area contributed by atoms with Gasteiger partial charge in [0.15, 0.2) is 5.79 Å². The Balaban J connectivity index is 2.11. The molecule has 3 nitrogen and oxygen atoms in total. The second-order valence-corrected chi connectivity index (χ2v) is 14.2. The summed E-state index contributed by atoms with van der Waals surface area (Å²) >= 11 is 0. The Hall–Kier alpha value is -0.900. The normalized spacial score (nSPS) is 19.0. The first kappa shape index (κ1) is 42.1. The molecule has 0 N–H and O–H groups in total. The molecule has 0 radical (unpaired) electrons. The fraction of sp³-hybridized carbons (Fsp3) is 0.857. The minimum absolute atomic E-state index is 0.221. The molecule has 0 aliphatic carbocycles. The number of rotatable bonds is 33. The van der Waals surface area contributed by atoms with Gasteiger partial charge in [-0.15, -0.1) is 0 Å². The lowest BCUT2D eigenvalue weighted by molar-refractivity contribution is -0.180. The van der Waals surface area contributed by atoms with E-state index in [1.165, 1.54) is 161 Å². The van der Waals surface area contributed by atoms with E-state index in [0.29, 0.717) is 0 Å². The molecule has 1 heterocycles. The number of allylic oxidation sites excluding steroid dienone is 6. The van der Waals surface area contributed by atoms with Crippen molar-refractivity contribution in [1.82, 2.24) is 4.90 Å². The number of unbranched alkanes of at least 4 members (excludes halogenated alkanes) is 21. The topological polar surface area (TPSA) is 21.7 Å². The molecule has 0 aromatic carbocycles. The Morgan fingerprint density at radius 1 is 0.511 bits per heavy atom. The average molecular weight is 630 g/mol. The maximum atomic E-state index is 6.62. The van der Waals surface area contributed by atoms with Gasteiger partial charge in [0.05, 0.1) is 12.7 Å². The molecule has 45 heavy (non-hydrogen) atoms. The summed E-state index contributed by atoms with van der Waals surface area (Å²) in [7, 11) is 4.27. The summed E-state index contributed by atoms with van der Waals surface area (Å²) in [6, 6.07) is 0. The highest BCUT2D eigenvalue weighted by molar-refractivity contribution is 4.92. The quantitative estimate of drug-likeness (QED) is 0.0532. The van der Waals surface area contributed by atoms with Crippen molar-refractivity contribution < 1.29 is 9.47 Å². The third-order valence-electron chi connectivity index (χ3n) is 9.31. The Bertz CT molecular complexity index is 699. The molecule has 0 spiro atoms. The summed E-state index contributed by atoms with van der Waals surface area (Å²) in [5.41, 5.74) is 0. The van der Waals surface area contributed by atoms with Crippen LogP contribution in [-0.2, 0) is 9.47 Å². The molecule has 1 aliphatic heterocycles. The molecule has 0 aromatic rings. The van der Waals surface area contributed by atoms with Crippen molar-refractivity contribution >= 4 is 0 Å². The van der Waals surface area contributed by atoms with Gasteiger partial charge in [-0.2, -0.15) is 0 Å². The predicted molar refractivity (Wildman–Crippen MR) is 200 cm³/mol. The van der Waals surface area contributed by atoms with Crippen LogP contribution in [-0.4, -0.2) is 44.0 Å². The highest BCUT2D eigenvalue weighted by Crippen LogP contribution is 2.35. The molecule has 0 unspecified atom stereocenters. The second kappa shape index (κ2) is 31.7. The van der Waals surface area contributed by atoms with Crippen molar-refractivity contribution in [2.75, 3.05) is 27.2 Å². The fourth-order valence-electron chi connectivity index (χ4n) is 6.53. The van der Waals surface area contributed by atoms with Crippen LogP contribution in [0.5, 0.6) is 0 Å². The third-order valence-corrected chi connectivity index (χ3v) is 9.31. The van der Waals surface area contributed by atoms with Gasteiger partial charge in [-0.25, -0.2) is 0 Å². The Morgan fingerprint density at radius 2 is 0.889 bits per heavy atom. The summed E-state index contributed by atoms with van der Waals surface area (Å²) in [5, 5.41) is 0. The van der Waals surface area contributed by atoms with Crippen molar-refractivity contribution in [3.63, 3.8) is 0 Å². The van der Waals surface area contributed by atoms with E-state index in [1.54, 1.807) is 0 Å². The third kappa shape index (κ3) is 26.8. The number of nitrogens with zero attached hydrogens (tertiary/aromatic N) is 1. The molecule has 2 atom stereocenters. The van der Waals surface area contributed by atoms with Crippen molar-refractivity contribution in [2.45, 2.75) is 206 Å². The fourth-order valence-corrected chi connectivity index (χ4v) is 6.53. The minimum Gasteiger partial charge on any atom is -0.347 e. The van der Waals surface area contributed by atoms with Crippen LogP contribution in [0.1, 0.15) is 194 Å². The van der Waals surface area contributed by atoms with Gasteiger partial charge in [-0.05, 0) is 84.7 Å². The van der Waals surface area contributed by atoms with Gasteiger partial charge in [-0.3, -0.25) is 0 Å². The van der Waals surface area contributed by atoms with Gasteiger partial charge in [0.2, 0.25) is 0 Å². The number of likely N-dealkylation sites (N-methyl/N-ethyl adjacent to an activating group) is 1. The molecular weight excluding hydrogens is 550 g/mol. The lowest BCUT2D eigenvalue weighted by Crippen LogP contribution is -2.33. The van der Waals surface area contributed by atoms with Crippen LogP contribution in [0.15, 0.2) is 36.5 Å². The van der Waals surface area contributed by atoms with E-state index in [4.69, 9.17) is 9.47 Å². The first-order chi connectivity index (χ1) is 22.1. The summed E-state index contributed by atoms with van der Waals surface area (Å²) < 4.78 is 13.1. The average Bonchev–Trinajstić information content (AvgIpc) is 3.42. The van der Waals surface area contributed by atoms with E-state index in [9.17, 15) is 0 Å². The number of hydrogen-bond donors (Lipinski definition) is 0. The molecule has 1 fully saturated rings. The monoisotopic (exact) mass is 630 g/mol. The molecule has 1 saturated heterocycles. The standard InChI is InChI=1S/C42H79NO2/c1-5-7-9-11-13-15-17-19-21-23-25-27-29-31-33-35-37-42(44-40-41(45-42)39-43(3)4)38-36-34-32-30-28-26-24-22-20-18-16-14-12-10-8-6-2/h13,15,19-22,41H,5-12,14,16-18,23-40H2,1-4H3/b15-13-,21-19-,22-20-/t41-,42+/m0/s1. The predicted octanol–water partition coefficient (Wildman–Crippen LogP) is 13.3. The Morgan fingerprint density at radius 3 is 1.36 bits per heavy atom. The Labute approximate surface area is 283 Å². The Kier molecular flexibility index (Phi) is 29.7. The molecule has 0 amide bonds. The lowest BCUT2D eigenvalue weighted by atomic mass is 9.98. The molecule has 1 rings (SSSR count). The molecule has 0 bridgehead atoms. The van der Waals surface area contributed by atoms with E-state index in [1.807, 2.05) is 0 Å². The van der Waals surface area contributed by atoms with Crippen LogP contribution in [0.4, 0.5) is 0 Å². The van der Waals surface area contributed by atoms with E-state index >= 15 is 0 Å². The zero-order chi connectivity index (χ0) is 32.5. The van der Waals surface area contributed by atoms with Crippen LogP contribution in [0.25, 0.3) is 0 Å². The van der Waals surface area contributed by atoms with Gasteiger partial charge in [0.25, 0.3) is 0 Å². The van der Waals surface area contributed by atoms with Crippen LogP contribution < -0.4 is 0 Å². The van der Waals surface area contributed by atoms with Gasteiger partial charge >= 0.3 is 0 Å². The molecule has 0 saturated carbocycles. The van der Waals surface area contributed by atoms with Crippen LogP contribution >= 0.6 is 0 Å². The molecule has 1 aliphatic rings. The van der Waals surface area contributed by atoms with E-state index < -0.39 is 0 Å². The van der Waals surface area contributed by atoms with Crippen LogP contribution in [0.2, 0.25) is 0 Å². The molecule has 3 heteroatoms. The van der Waals surface area contributed by atoms with E-state index in [0.717, 1.165) is 32.4 Å². The maximum absolute atomic E-state index is 6.62. The maximum Gasteiger partial charge on any atom is 0.168 e. The summed E-state index contributed by atoms with van der Waals surface area (Å²) in [4.78, 5) is 2.23. The summed E-state index contributed by atoms with van der Waals surface area (Å²) in [6.45, 7) is 6.28. The number of hydrogen-bond acceptors (Lipinski definition) is 3. The minimum atomic E-state index is -0.323. The first-order valence-electron chi connectivity index (χ1n) is 20.0. The summed E-state index contributed by atoms with van der Waals surface area (Å²) in [5.74, 6) is -0.323. The van der Waals surface area contributed by atoms with E-state index in [2.05, 4.69) is 69.3 Å².